The van der Waals surface area contributed by atoms with Crippen molar-refractivity contribution in [3.8, 4) is 0 Å². The Kier molecular flexibility index (Phi) is 5.41. The highest BCUT2D eigenvalue weighted by molar-refractivity contribution is 7.89. The van der Waals surface area contributed by atoms with Crippen LogP contribution in [-0.2, 0) is 10.0 Å². The van der Waals surface area contributed by atoms with Crippen LogP contribution in [0.1, 0.15) is 30.7 Å². The molecule has 0 saturated carbocycles. The molecule has 0 spiro atoms. The van der Waals surface area contributed by atoms with E-state index in [0.717, 1.165) is 43.0 Å². The van der Waals surface area contributed by atoms with Gasteiger partial charge in [0.1, 0.15) is 0 Å². The van der Waals surface area contributed by atoms with Crippen LogP contribution < -0.4 is 0 Å². The van der Waals surface area contributed by atoms with Crippen LogP contribution in [0.2, 0.25) is 5.02 Å². The molecule has 25 heavy (non-hydrogen) atoms. The minimum Gasteiger partial charge on any atom is -0.207 e. The highest BCUT2D eigenvalue weighted by Gasteiger charge is 2.30. The van der Waals surface area contributed by atoms with E-state index in [2.05, 4.69) is 0 Å². The van der Waals surface area contributed by atoms with Gasteiger partial charge in [-0.3, -0.25) is 0 Å². The maximum Gasteiger partial charge on any atom is 0.243 e. The van der Waals surface area contributed by atoms with Crippen LogP contribution in [0, 0.1) is 11.6 Å². The Morgan fingerprint density at radius 2 is 1.72 bits per heavy atom. The summed E-state index contributed by atoms with van der Waals surface area (Å²) in [4.78, 5) is -0.219. The molecule has 0 amide bonds. The first kappa shape index (κ1) is 18.3. The fourth-order valence-corrected chi connectivity index (χ4v) is 4.78. The Morgan fingerprint density at radius 1 is 1.00 bits per heavy atom. The highest BCUT2D eigenvalue weighted by atomic mass is 35.5. The van der Waals surface area contributed by atoms with Crippen molar-refractivity contribution in [1.82, 2.24) is 4.31 Å². The number of rotatable bonds is 3. The second kappa shape index (κ2) is 7.40. The zero-order valence-electron chi connectivity index (χ0n) is 13.5. The largest absolute Gasteiger partial charge is 0.243 e. The van der Waals surface area contributed by atoms with Crippen molar-refractivity contribution in [2.75, 3.05) is 13.1 Å². The van der Waals surface area contributed by atoms with Crippen molar-refractivity contribution >= 4 is 21.6 Å². The van der Waals surface area contributed by atoms with Gasteiger partial charge in [0.25, 0.3) is 0 Å². The molecule has 1 aliphatic rings. The van der Waals surface area contributed by atoms with Crippen LogP contribution in [-0.4, -0.2) is 25.8 Å². The summed E-state index contributed by atoms with van der Waals surface area (Å²) >= 11 is 5.92. The van der Waals surface area contributed by atoms with E-state index in [1.54, 1.807) is 12.1 Å². The van der Waals surface area contributed by atoms with Gasteiger partial charge in [-0.1, -0.05) is 30.2 Å². The van der Waals surface area contributed by atoms with E-state index in [-0.39, 0.29) is 10.8 Å². The first-order valence-electron chi connectivity index (χ1n) is 8.08. The fourth-order valence-electron chi connectivity index (χ4n) is 3.12. The lowest BCUT2D eigenvalue weighted by molar-refractivity contribution is 0.405. The number of benzene rings is 2. The second-order valence-electron chi connectivity index (χ2n) is 6.18. The first-order valence-corrected chi connectivity index (χ1v) is 9.90. The highest BCUT2D eigenvalue weighted by Crippen LogP contribution is 2.30. The van der Waals surface area contributed by atoms with E-state index >= 15 is 0 Å². The third-order valence-electron chi connectivity index (χ3n) is 4.50. The van der Waals surface area contributed by atoms with Crippen molar-refractivity contribution in [3.05, 3.63) is 64.7 Å². The van der Waals surface area contributed by atoms with Crippen LogP contribution in [0.4, 0.5) is 8.78 Å². The zero-order valence-corrected chi connectivity index (χ0v) is 15.0. The summed E-state index contributed by atoms with van der Waals surface area (Å²) in [5, 5.41) is 0.628. The van der Waals surface area contributed by atoms with Gasteiger partial charge in [-0.15, -0.1) is 0 Å². The molecular formula is C18H18ClF2NO2S. The summed E-state index contributed by atoms with van der Waals surface area (Å²) in [5.41, 5.74) is 1.02. The number of halogens is 3. The smallest absolute Gasteiger partial charge is 0.207 e. The number of hydrogen-bond acceptors (Lipinski definition) is 2. The second-order valence-corrected chi connectivity index (χ2v) is 8.56. The molecule has 7 heteroatoms. The van der Waals surface area contributed by atoms with Gasteiger partial charge in [-0.05, 0) is 54.7 Å². The molecular weight excluding hydrogens is 368 g/mol. The zero-order chi connectivity index (χ0) is 18.0. The minimum absolute atomic E-state index is 0.0415. The number of hydrogen-bond donors (Lipinski definition) is 0. The normalized spacial score (nSPS) is 19.6. The maximum absolute atomic E-state index is 13.5. The number of nitrogens with zero attached hydrogens (tertiary/aromatic N) is 1. The van der Waals surface area contributed by atoms with Crippen LogP contribution in [0.5, 0.6) is 0 Å². The summed E-state index contributed by atoms with van der Waals surface area (Å²) in [5.74, 6) is -2.18. The predicted molar refractivity (Wildman–Crippen MR) is 93.2 cm³/mol. The van der Waals surface area contributed by atoms with Crippen LogP contribution >= 0.6 is 11.6 Å². The van der Waals surface area contributed by atoms with Crippen molar-refractivity contribution < 1.29 is 17.2 Å². The van der Waals surface area contributed by atoms with E-state index in [1.165, 1.54) is 4.31 Å². The average molecular weight is 386 g/mol. The van der Waals surface area contributed by atoms with Crippen LogP contribution in [0.15, 0.2) is 47.4 Å². The van der Waals surface area contributed by atoms with Gasteiger partial charge in [-0.25, -0.2) is 17.2 Å². The Hall–Kier alpha value is -1.50. The lowest BCUT2D eigenvalue weighted by atomic mass is 9.95. The van der Waals surface area contributed by atoms with Gasteiger partial charge in [0.05, 0.1) is 4.90 Å². The molecule has 1 unspecified atom stereocenters. The molecule has 0 radical (unpaired) electrons. The first-order chi connectivity index (χ1) is 11.9. The Morgan fingerprint density at radius 3 is 2.40 bits per heavy atom. The molecule has 2 aromatic rings. The third kappa shape index (κ3) is 4.02. The quantitative estimate of drug-likeness (QED) is 0.775. The Balaban J connectivity index is 1.89. The van der Waals surface area contributed by atoms with Gasteiger partial charge in [0.15, 0.2) is 11.6 Å². The molecule has 1 aliphatic heterocycles. The predicted octanol–water partition coefficient (Wildman–Crippen LogP) is 4.58. The Labute approximate surface area is 151 Å². The van der Waals surface area contributed by atoms with Gasteiger partial charge in [0.2, 0.25) is 10.0 Å². The van der Waals surface area contributed by atoms with E-state index < -0.39 is 21.7 Å². The standard InChI is InChI=1S/C18H18ClF2NO2S/c19-15-6-4-13(5-7-15)14-3-1-2-10-22(12-14)25(23,24)16-8-9-17(20)18(21)11-16/h4-9,11,14H,1-3,10,12H2. The van der Waals surface area contributed by atoms with Crippen molar-refractivity contribution in [1.29, 1.82) is 0 Å². The summed E-state index contributed by atoms with van der Waals surface area (Å²) in [6.07, 6.45) is 2.50. The molecule has 1 saturated heterocycles. The lowest BCUT2D eigenvalue weighted by Gasteiger charge is -2.24. The molecule has 1 fully saturated rings. The van der Waals surface area contributed by atoms with E-state index in [1.807, 2.05) is 12.1 Å². The lowest BCUT2D eigenvalue weighted by Crippen LogP contribution is -2.34. The van der Waals surface area contributed by atoms with Gasteiger partial charge < -0.3 is 0 Å². The van der Waals surface area contributed by atoms with Crippen molar-refractivity contribution in [3.63, 3.8) is 0 Å². The molecule has 3 nitrogen and oxygen atoms in total. The van der Waals surface area contributed by atoms with E-state index in [0.29, 0.717) is 18.1 Å². The summed E-state index contributed by atoms with van der Waals surface area (Å²) in [7, 11) is -3.87. The number of sulfonamides is 1. The topological polar surface area (TPSA) is 37.4 Å². The molecule has 0 bridgehead atoms. The maximum atomic E-state index is 13.5. The van der Waals surface area contributed by atoms with E-state index in [4.69, 9.17) is 11.6 Å². The van der Waals surface area contributed by atoms with Gasteiger partial charge in [-0.2, -0.15) is 4.31 Å². The molecule has 2 aromatic carbocycles. The molecule has 1 atom stereocenters. The van der Waals surface area contributed by atoms with Crippen molar-refractivity contribution in [2.24, 2.45) is 0 Å². The third-order valence-corrected chi connectivity index (χ3v) is 6.62. The molecule has 0 aromatic heterocycles. The average Bonchev–Trinajstić information content (AvgIpc) is 2.84. The van der Waals surface area contributed by atoms with Gasteiger partial charge >= 0.3 is 0 Å². The SMILES string of the molecule is O=S(=O)(c1ccc(F)c(F)c1)N1CCCCC(c2ccc(Cl)cc2)C1. The Bertz CT molecular complexity index is 856. The molecule has 0 aliphatic carbocycles. The van der Waals surface area contributed by atoms with Crippen LogP contribution in [0.25, 0.3) is 0 Å². The molecule has 1 heterocycles. The van der Waals surface area contributed by atoms with Crippen molar-refractivity contribution in [2.45, 2.75) is 30.1 Å². The van der Waals surface area contributed by atoms with Gasteiger partial charge in [0, 0.05) is 18.1 Å². The monoisotopic (exact) mass is 385 g/mol. The summed E-state index contributed by atoms with van der Waals surface area (Å²) in [6.45, 7) is 0.675. The summed E-state index contributed by atoms with van der Waals surface area (Å²) < 4.78 is 53.6. The fraction of sp³-hybridized carbons (Fsp3) is 0.333. The van der Waals surface area contributed by atoms with Crippen LogP contribution in [0.3, 0.4) is 0 Å². The molecule has 3 rings (SSSR count). The molecule has 0 N–H and O–H groups in total. The molecule has 134 valence electrons. The summed E-state index contributed by atoms with van der Waals surface area (Å²) in [6, 6.07) is 10.1. The van der Waals surface area contributed by atoms with E-state index in [9.17, 15) is 17.2 Å². The minimum atomic E-state index is -3.87.